The SMILES string of the molecule is N#Cc1cccc(-c2ccc(N3C[C@H](CN)OC3=O)cc2F)c1. The van der Waals surface area contributed by atoms with Crippen LogP contribution in [0.1, 0.15) is 5.56 Å². The van der Waals surface area contributed by atoms with E-state index in [0.29, 0.717) is 28.9 Å². The van der Waals surface area contributed by atoms with E-state index in [9.17, 15) is 9.18 Å². The van der Waals surface area contributed by atoms with E-state index in [4.69, 9.17) is 15.7 Å². The Kier molecular flexibility index (Phi) is 3.96. The molecule has 0 spiro atoms. The highest BCUT2D eigenvalue weighted by Gasteiger charge is 2.31. The van der Waals surface area contributed by atoms with Crippen LogP contribution in [0, 0.1) is 17.1 Å². The second-order valence-electron chi connectivity index (χ2n) is 5.21. The lowest BCUT2D eigenvalue weighted by Gasteiger charge is -2.14. The van der Waals surface area contributed by atoms with Crippen molar-refractivity contribution in [2.24, 2.45) is 5.73 Å². The highest BCUT2D eigenvalue weighted by atomic mass is 19.1. The number of benzene rings is 2. The van der Waals surface area contributed by atoms with E-state index in [2.05, 4.69) is 0 Å². The summed E-state index contributed by atoms with van der Waals surface area (Å²) in [5.74, 6) is -0.471. The van der Waals surface area contributed by atoms with Crippen LogP contribution in [-0.4, -0.2) is 25.3 Å². The van der Waals surface area contributed by atoms with E-state index in [0.717, 1.165) is 0 Å². The molecule has 0 saturated carbocycles. The number of halogens is 1. The van der Waals surface area contributed by atoms with E-state index < -0.39 is 11.9 Å². The van der Waals surface area contributed by atoms with Crippen LogP contribution in [0.5, 0.6) is 0 Å². The number of amides is 1. The number of nitrogens with zero attached hydrogens (tertiary/aromatic N) is 2. The van der Waals surface area contributed by atoms with Gasteiger partial charge in [0, 0.05) is 12.1 Å². The van der Waals surface area contributed by atoms with Gasteiger partial charge in [0.2, 0.25) is 0 Å². The van der Waals surface area contributed by atoms with E-state index >= 15 is 0 Å². The minimum Gasteiger partial charge on any atom is -0.443 e. The van der Waals surface area contributed by atoms with Crippen LogP contribution in [-0.2, 0) is 4.74 Å². The van der Waals surface area contributed by atoms with Crippen molar-refractivity contribution in [1.29, 1.82) is 5.26 Å². The van der Waals surface area contributed by atoms with Crippen molar-refractivity contribution < 1.29 is 13.9 Å². The van der Waals surface area contributed by atoms with Crippen LogP contribution >= 0.6 is 0 Å². The first kappa shape index (κ1) is 15.0. The Balaban J connectivity index is 1.92. The number of cyclic esters (lactones) is 1. The van der Waals surface area contributed by atoms with Gasteiger partial charge in [-0.15, -0.1) is 0 Å². The average molecular weight is 311 g/mol. The summed E-state index contributed by atoms with van der Waals surface area (Å²) in [4.78, 5) is 13.1. The molecular formula is C17H14FN3O2. The van der Waals surface area contributed by atoms with Gasteiger partial charge in [-0.3, -0.25) is 4.90 Å². The molecule has 116 valence electrons. The second-order valence-corrected chi connectivity index (χ2v) is 5.21. The molecule has 1 atom stereocenters. The highest BCUT2D eigenvalue weighted by Crippen LogP contribution is 2.29. The Hall–Kier alpha value is -2.91. The van der Waals surface area contributed by atoms with Crippen LogP contribution < -0.4 is 10.6 Å². The maximum Gasteiger partial charge on any atom is 0.414 e. The lowest BCUT2D eigenvalue weighted by atomic mass is 10.0. The normalized spacial score (nSPS) is 17.0. The number of carbonyl (C=O) groups excluding carboxylic acids is 1. The van der Waals surface area contributed by atoms with Gasteiger partial charge < -0.3 is 10.5 Å². The van der Waals surface area contributed by atoms with Gasteiger partial charge in [-0.1, -0.05) is 12.1 Å². The molecule has 2 aromatic carbocycles. The summed E-state index contributed by atoms with van der Waals surface area (Å²) >= 11 is 0. The zero-order valence-electron chi connectivity index (χ0n) is 12.2. The molecule has 1 aliphatic rings. The zero-order chi connectivity index (χ0) is 16.4. The Bertz CT molecular complexity index is 801. The molecule has 3 rings (SSSR count). The van der Waals surface area contributed by atoms with E-state index in [1.165, 1.54) is 11.0 Å². The maximum absolute atomic E-state index is 14.4. The third kappa shape index (κ3) is 2.87. The fraction of sp³-hybridized carbons (Fsp3) is 0.176. The van der Waals surface area contributed by atoms with Crippen molar-refractivity contribution in [3.8, 4) is 17.2 Å². The largest absolute Gasteiger partial charge is 0.443 e. The predicted octanol–water partition coefficient (Wildman–Crippen LogP) is 2.65. The first-order valence-corrected chi connectivity index (χ1v) is 7.10. The molecule has 1 amide bonds. The van der Waals surface area contributed by atoms with Gasteiger partial charge in [-0.2, -0.15) is 5.26 Å². The van der Waals surface area contributed by atoms with Crippen molar-refractivity contribution in [3.05, 3.63) is 53.8 Å². The molecule has 1 fully saturated rings. The van der Waals surface area contributed by atoms with Crippen LogP contribution in [0.2, 0.25) is 0 Å². The Morgan fingerprint density at radius 3 is 2.83 bits per heavy atom. The number of hydrogen-bond donors (Lipinski definition) is 1. The highest BCUT2D eigenvalue weighted by molar-refractivity contribution is 5.90. The van der Waals surface area contributed by atoms with E-state index in [-0.39, 0.29) is 12.6 Å². The monoisotopic (exact) mass is 311 g/mol. The molecule has 1 saturated heterocycles. The Morgan fingerprint density at radius 1 is 1.35 bits per heavy atom. The van der Waals surface area contributed by atoms with E-state index in [1.54, 1.807) is 36.4 Å². The lowest BCUT2D eigenvalue weighted by molar-refractivity contribution is 0.145. The summed E-state index contributed by atoms with van der Waals surface area (Å²) in [6.45, 7) is 0.530. The topological polar surface area (TPSA) is 79.3 Å². The number of hydrogen-bond acceptors (Lipinski definition) is 4. The average Bonchev–Trinajstić information content (AvgIpc) is 2.96. The number of rotatable bonds is 3. The van der Waals surface area contributed by atoms with Gasteiger partial charge in [0.15, 0.2) is 0 Å². The van der Waals surface area contributed by atoms with Crippen molar-refractivity contribution >= 4 is 11.8 Å². The molecule has 5 nitrogen and oxygen atoms in total. The molecule has 1 heterocycles. The van der Waals surface area contributed by atoms with Gasteiger partial charge in [0.25, 0.3) is 0 Å². The summed E-state index contributed by atoms with van der Waals surface area (Å²) in [5.41, 5.74) is 7.35. The first-order valence-electron chi connectivity index (χ1n) is 7.10. The lowest BCUT2D eigenvalue weighted by Crippen LogP contribution is -2.27. The standard InChI is InChI=1S/C17H14FN3O2/c18-16-7-13(21-10-14(9-20)23-17(21)22)4-5-15(16)12-3-1-2-11(6-12)8-19/h1-7,14H,9-10,20H2/t14-/m0/s1. The number of anilines is 1. The third-order valence-corrected chi connectivity index (χ3v) is 3.70. The van der Waals surface area contributed by atoms with Crippen molar-refractivity contribution in [1.82, 2.24) is 0 Å². The second kappa shape index (κ2) is 6.07. The number of nitriles is 1. The van der Waals surface area contributed by atoms with Crippen molar-refractivity contribution in [2.45, 2.75) is 6.10 Å². The summed E-state index contributed by atoms with van der Waals surface area (Å²) in [6, 6.07) is 13.3. The molecule has 23 heavy (non-hydrogen) atoms. The fourth-order valence-corrected chi connectivity index (χ4v) is 2.52. The quantitative estimate of drug-likeness (QED) is 0.945. The van der Waals surface area contributed by atoms with Crippen LogP contribution in [0.25, 0.3) is 11.1 Å². The van der Waals surface area contributed by atoms with Gasteiger partial charge in [0.1, 0.15) is 11.9 Å². The molecule has 0 unspecified atom stereocenters. The zero-order valence-corrected chi connectivity index (χ0v) is 12.2. The molecule has 0 bridgehead atoms. The number of carbonyl (C=O) groups is 1. The van der Waals surface area contributed by atoms with Gasteiger partial charge in [-0.05, 0) is 35.9 Å². The molecule has 2 N–H and O–H groups in total. The summed E-state index contributed by atoms with van der Waals surface area (Å²) in [7, 11) is 0. The molecule has 0 aromatic heterocycles. The fourth-order valence-electron chi connectivity index (χ4n) is 2.52. The predicted molar refractivity (Wildman–Crippen MR) is 83.2 cm³/mol. The van der Waals surface area contributed by atoms with Gasteiger partial charge in [-0.25, -0.2) is 9.18 Å². The molecule has 6 heteroatoms. The van der Waals surface area contributed by atoms with Gasteiger partial charge in [0.05, 0.1) is 23.9 Å². The minimum atomic E-state index is -0.529. The molecule has 0 radical (unpaired) electrons. The molecule has 1 aliphatic heterocycles. The Morgan fingerprint density at radius 2 is 2.17 bits per heavy atom. The van der Waals surface area contributed by atoms with Crippen molar-refractivity contribution in [3.63, 3.8) is 0 Å². The summed E-state index contributed by atoms with van der Waals surface area (Å²) < 4.78 is 19.5. The number of nitrogens with two attached hydrogens (primary N) is 1. The minimum absolute atomic E-state index is 0.226. The van der Waals surface area contributed by atoms with Gasteiger partial charge >= 0.3 is 6.09 Å². The molecular weight excluding hydrogens is 297 g/mol. The van der Waals surface area contributed by atoms with Crippen molar-refractivity contribution in [2.75, 3.05) is 18.0 Å². The Labute approximate surface area is 132 Å². The third-order valence-electron chi connectivity index (χ3n) is 3.70. The van der Waals surface area contributed by atoms with Crippen LogP contribution in [0.4, 0.5) is 14.9 Å². The number of ether oxygens (including phenoxy) is 1. The summed E-state index contributed by atoms with van der Waals surface area (Å²) in [5, 5.41) is 8.93. The molecule has 0 aliphatic carbocycles. The summed E-state index contributed by atoms with van der Waals surface area (Å²) in [6.07, 6.45) is -0.906. The maximum atomic E-state index is 14.4. The smallest absolute Gasteiger partial charge is 0.414 e. The van der Waals surface area contributed by atoms with E-state index in [1.807, 2.05) is 6.07 Å². The van der Waals surface area contributed by atoms with Crippen LogP contribution in [0.15, 0.2) is 42.5 Å². The first-order chi connectivity index (χ1) is 11.1. The molecule has 2 aromatic rings. The van der Waals surface area contributed by atoms with Crippen LogP contribution in [0.3, 0.4) is 0 Å².